The zero-order chi connectivity index (χ0) is 17.7. The number of carbonyl (C=O) groups excluding carboxylic acids is 1. The molecule has 0 aliphatic rings. The van der Waals surface area contributed by atoms with Crippen molar-refractivity contribution in [2.45, 2.75) is 17.1 Å². The molecule has 0 aliphatic heterocycles. The molecule has 24 heavy (non-hydrogen) atoms. The highest BCUT2D eigenvalue weighted by molar-refractivity contribution is 7.99. The van der Waals surface area contributed by atoms with Crippen molar-refractivity contribution in [3.05, 3.63) is 36.0 Å². The van der Waals surface area contributed by atoms with Gasteiger partial charge in [-0.15, -0.1) is 0 Å². The van der Waals surface area contributed by atoms with Crippen molar-refractivity contribution in [2.75, 3.05) is 21.3 Å². The summed E-state index contributed by atoms with van der Waals surface area (Å²) in [7, 11) is 4.31. The van der Waals surface area contributed by atoms with Gasteiger partial charge in [0.1, 0.15) is 5.03 Å². The van der Waals surface area contributed by atoms with Gasteiger partial charge in [-0.2, -0.15) is 9.97 Å². The second-order valence-electron chi connectivity index (χ2n) is 4.65. The summed E-state index contributed by atoms with van der Waals surface area (Å²) in [4.78, 5) is 24.9. The Morgan fingerprint density at radius 1 is 1.17 bits per heavy atom. The number of aromatic nitrogens is 3. The first-order valence-corrected chi connectivity index (χ1v) is 7.70. The monoisotopic (exact) mass is 347 g/mol. The molecule has 0 amide bonds. The summed E-state index contributed by atoms with van der Waals surface area (Å²) in [6, 6.07) is 3.27. The molecule has 0 saturated heterocycles. The van der Waals surface area contributed by atoms with E-state index in [9.17, 15) is 4.79 Å². The molecule has 8 heteroatoms. The van der Waals surface area contributed by atoms with E-state index in [1.165, 1.54) is 21.3 Å². The first-order valence-electron chi connectivity index (χ1n) is 6.88. The number of esters is 1. The van der Waals surface area contributed by atoms with Crippen molar-refractivity contribution in [1.82, 2.24) is 15.0 Å². The number of nitrogens with zero attached hydrogens (tertiary/aromatic N) is 3. The zero-order valence-corrected chi connectivity index (χ0v) is 14.6. The second-order valence-corrected chi connectivity index (χ2v) is 5.60. The lowest BCUT2D eigenvalue weighted by Gasteiger charge is -2.12. The molecule has 0 aliphatic carbocycles. The number of carbonyl (C=O) groups is 1. The van der Waals surface area contributed by atoms with Gasteiger partial charge in [-0.1, -0.05) is 12.2 Å². The first-order chi connectivity index (χ1) is 11.5. The number of ether oxygens (including phenoxy) is 3. The Labute approximate surface area is 144 Å². The van der Waals surface area contributed by atoms with Crippen LogP contribution in [-0.4, -0.2) is 42.3 Å². The highest BCUT2D eigenvalue weighted by Gasteiger charge is 2.21. The smallest absolute Gasteiger partial charge is 0.341 e. The summed E-state index contributed by atoms with van der Waals surface area (Å²) in [5.74, 6) is 0.193. The summed E-state index contributed by atoms with van der Waals surface area (Å²) in [5, 5.41) is 0.750. The summed E-state index contributed by atoms with van der Waals surface area (Å²) < 4.78 is 15.1. The first kappa shape index (κ1) is 17.7. The third kappa shape index (κ3) is 3.83. The molecule has 2 heterocycles. The van der Waals surface area contributed by atoms with Gasteiger partial charge in [-0.25, -0.2) is 9.78 Å². The molecule has 0 spiro atoms. The Balaban J connectivity index is 2.52. The number of rotatable bonds is 6. The van der Waals surface area contributed by atoms with Gasteiger partial charge in [0.15, 0.2) is 0 Å². The molecule has 7 nitrogen and oxygen atoms in total. The lowest BCUT2D eigenvalue weighted by Crippen LogP contribution is -2.08. The summed E-state index contributed by atoms with van der Waals surface area (Å²) in [6.07, 6.45) is 1.59. The molecule has 0 atom stereocenters. The summed E-state index contributed by atoms with van der Waals surface area (Å²) in [6.45, 7) is 5.70. The molecule has 2 rings (SSSR count). The molecule has 0 fully saturated rings. The van der Waals surface area contributed by atoms with E-state index >= 15 is 0 Å². The van der Waals surface area contributed by atoms with E-state index in [1.54, 1.807) is 25.3 Å². The van der Waals surface area contributed by atoms with E-state index in [0.29, 0.717) is 33.1 Å². The fraction of sp³-hybridized carbons (Fsp3) is 0.250. The molecule has 0 aromatic carbocycles. The predicted molar refractivity (Wildman–Crippen MR) is 89.5 cm³/mol. The van der Waals surface area contributed by atoms with Gasteiger partial charge in [0.25, 0.3) is 0 Å². The Morgan fingerprint density at radius 3 is 2.29 bits per heavy atom. The fourth-order valence-corrected chi connectivity index (χ4v) is 2.75. The van der Waals surface area contributed by atoms with Crippen LogP contribution in [0.5, 0.6) is 11.8 Å². The SMILES string of the molecule is C=C(C)c1ccnc(Sc2nc(OC)cc(OC)n2)c1C(=O)OC. The van der Waals surface area contributed by atoms with E-state index in [2.05, 4.69) is 21.5 Å². The third-order valence-corrected chi connectivity index (χ3v) is 3.90. The Bertz CT molecular complexity index is 758. The van der Waals surface area contributed by atoms with Crippen LogP contribution < -0.4 is 9.47 Å². The van der Waals surface area contributed by atoms with Crippen LogP contribution in [0.25, 0.3) is 5.57 Å². The molecule has 126 valence electrons. The van der Waals surface area contributed by atoms with Gasteiger partial charge in [-0.3, -0.25) is 0 Å². The Kier molecular flexibility index (Phi) is 5.75. The normalized spacial score (nSPS) is 10.2. The Morgan fingerprint density at radius 2 is 1.79 bits per heavy atom. The van der Waals surface area contributed by atoms with Crippen LogP contribution in [0.3, 0.4) is 0 Å². The van der Waals surface area contributed by atoms with Gasteiger partial charge in [0.05, 0.1) is 33.0 Å². The van der Waals surface area contributed by atoms with E-state index in [-0.39, 0.29) is 0 Å². The maximum Gasteiger partial charge on any atom is 0.341 e. The van der Waals surface area contributed by atoms with Crippen molar-refractivity contribution in [3.8, 4) is 11.8 Å². The molecule has 0 bridgehead atoms. The van der Waals surface area contributed by atoms with Crippen LogP contribution in [0.1, 0.15) is 22.8 Å². The van der Waals surface area contributed by atoms with Crippen LogP contribution >= 0.6 is 11.8 Å². The summed E-state index contributed by atoms with van der Waals surface area (Å²) in [5.41, 5.74) is 1.71. The maximum absolute atomic E-state index is 12.2. The van der Waals surface area contributed by atoms with Crippen molar-refractivity contribution in [2.24, 2.45) is 0 Å². The lowest BCUT2D eigenvalue weighted by molar-refractivity contribution is 0.0595. The van der Waals surface area contributed by atoms with E-state index < -0.39 is 5.97 Å². The van der Waals surface area contributed by atoms with Gasteiger partial charge >= 0.3 is 5.97 Å². The minimum atomic E-state index is -0.501. The van der Waals surface area contributed by atoms with Gasteiger partial charge < -0.3 is 14.2 Å². The highest BCUT2D eigenvalue weighted by Crippen LogP contribution is 2.32. The van der Waals surface area contributed by atoms with Crippen LogP contribution in [0, 0.1) is 0 Å². The summed E-state index contributed by atoms with van der Waals surface area (Å²) >= 11 is 1.11. The van der Waals surface area contributed by atoms with E-state index in [0.717, 1.165) is 17.3 Å². The molecule has 2 aromatic rings. The number of hydrogen-bond donors (Lipinski definition) is 0. The van der Waals surface area contributed by atoms with Crippen molar-refractivity contribution in [1.29, 1.82) is 0 Å². The van der Waals surface area contributed by atoms with Gasteiger partial charge in [-0.05, 0) is 30.3 Å². The molecule has 2 aromatic heterocycles. The van der Waals surface area contributed by atoms with Crippen LogP contribution in [0.2, 0.25) is 0 Å². The molecular formula is C16H17N3O4S. The fourth-order valence-electron chi connectivity index (χ4n) is 1.90. The molecule has 0 N–H and O–H groups in total. The van der Waals surface area contributed by atoms with Gasteiger partial charge in [0, 0.05) is 6.20 Å². The van der Waals surface area contributed by atoms with E-state index in [1.807, 2.05) is 0 Å². The zero-order valence-electron chi connectivity index (χ0n) is 13.8. The average Bonchev–Trinajstić information content (AvgIpc) is 2.60. The van der Waals surface area contributed by atoms with Crippen molar-refractivity contribution in [3.63, 3.8) is 0 Å². The van der Waals surface area contributed by atoms with Crippen LogP contribution in [0.4, 0.5) is 0 Å². The third-order valence-electron chi connectivity index (χ3n) is 3.03. The van der Waals surface area contributed by atoms with Gasteiger partial charge in [0.2, 0.25) is 16.9 Å². The minimum Gasteiger partial charge on any atom is -0.481 e. The van der Waals surface area contributed by atoms with Crippen LogP contribution in [-0.2, 0) is 4.74 Å². The predicted octanol–water partition coefficient (Wildman–Crippen LogP) is 2.86. The highest BCUT2D eigenvalue weighted by atomic mass is 32.2. The number of methoxy groups -OCH3 is 3. The quantitative estimate of drug-likeness (QED) is 0.583. The van der Waals surface area contributed by atoms with Crippen molar-refractivity contribution < 1.29 is 19.0 Å². The molecule has 0 saturated carbocycles. The standard InChI is InChI=1S/C16H17N3O4S/c1-9(2)10-6-7-17-14(13(10)15(20)23-5)24-16-18-11(21-3)8-12(19-16)22-4/h6-8H,1H2,2-5H3. The minimum absolute atomic E-state index is 0.322. The Hall–Kier alpha value is -2.61. The lowest BCUT2D eigenvalue weighted by atomic mass is 10.1. The van der Waals surface area contributed by atoms with Crippen molar-refractivity contribution >= 4 is 23.3 Å². The van der Waals surface area contributed by atoms with E-state index in [4.69, 9.17) is 14.2 Å². The topological polar surface area (TPSA) is 83.4 Å². The second kappa shape index (κ2) is 7.78. The number of hydrogen-bond acceptors (Lipinski definition) is 8. The van der Waals surface area contributed by atoms with Crippen LogP contribution in [0.15, 0.2) is 35.1 Å². The molecular weight excluding hydrogens is 330 g/mol. The maximum atomic E-state index is 12.2. The largest absolute Gasteiger partial charge is 0.481 e. The molecule has 0 radical (unpaired) electrons. The molecule has 0 unspecified atom stereocenters. The number of pyridine rings is 1. The average molecular weight is 347 g/mol. The number of allylic oxidation sites excluding steroid dienone is 1.